The van der Waals surface area contributed by atoms with E-state index in [0.717, 1.165) is 17.8 Å². The molecule has 0 aliphatic carbocycles. The van der Waals surface area contributed by atoms with Gasteiger partial charge >= 0.3 is 0 Å². The summed E-state index contributed by atoms with van der Waals surface area (Å²) in [6, 6.07) is 8.18. The minimum atomic E-state index is -0.757. The number of halogens is 2. The summed E-state index contributed by atoms with van der Waals surface area (Å²) in [6.07, 6.45) is 0. The van der Waals surface area contributed by atoms with Crippen molar-refractivity contribution in [1.82, 2.24) is 0 Å². The van der Waals surface area contributed by atoms with Gasteiger partial charge in [0.1, 0.15) is 11.6 Å². The molecule has 0 radical (unpaired) electrons. The first-order valence-corrected chi connectivity index (χ1v) is 6.12. The number of amides is 1. The molecule has 3 nitrogen and oxygen atoms in total. The van der Waals surface area contributed by atoms with E-state index in [1.807, 2.05) is 0 Å². The predicted molar refractivity (Wildman–Crippen MR) is 69.9 cm³/mol. The Kier molecular flexibility index (Phi) is 3.71. The largest absolute Gasteiger partial charge is 0.398 e. The Hall–Kier alpha value is -2.08. The van der Waals surface area contributed by atoms with Crippen molar-refractivity contribution in [2.75, 3.05) is 5.73 Å². The molecule has 0 unspecified atom stereocenters. The lowest BCUT2D eigenvalue weighted by Crippen LogP contribution is -2.14. The molecule has 6 heteroatoms. The number of anilines is 1. The number of carbonyl (C=O) groups excluding carboxylic acids is 1. The lowest BCUT2D eigenvalue weighted by atomic mass is 10.1. The molecule has 2 rings (SSSR count). The van der Waals surface area contributed by atoms with Gasteiger partial charge in [0.2, 0.25) is 0 Å². The standard InChI is InChI=1S/C13H10F2N2OS/c14-8-3-1-2-4-11(8)19-12-5-7(13(17)18)10(16)6-9(12)15/h1-6H,16H2,(H2,17,18). The number of primary amides is 1. The van der Waals surface area contributed by atoms with Gasteiger partial charge in [-0.1, -0.05) is 23.9 Å². The smallest absolute Gasteiger partial charge is 0.250 e. The fourth-order valence-electron chi connectivity index (χ4n) is 1.51. The Morgan fingerprint density at radius 1 is 1.05 bits per heavy atom. The molecule has 2 aromatic rings. The molecule has 0 saturated carbocycles. The van der Waals surface area contributed by atoms with E-state index in [4.69, 9.17) is 11.5 Å². The first kappa shape index (κ1) is 13.4. The van der Waals surface area contributed by atoms with Crippen molar-refractivity contribution in [3.05, 3.63) is 53.6 Å². The molecule has 0 bridgehead atoms. The quantitative estimate of drug-likeness (QED) is 0.849. The zero-order valence-corrected chi connectivity index (χ0v) is 10.5. The average molecular weight is 280 g/mol. The first-order valence-electron chi connectivity index (χ1n) is 5.30. The second kappa shape index (κ2) is 5.27. The molecule has 0 aliphatic rings. The fourth-order valence-corrected chi connectivity index (χ4v) is 2.39. The Balaban J connectivity index is 2.43. The summed E-state index contributed by atoms with van der Waals surface area (Å²) in [5, 5.41) is 0. The van der Waals surface area contributed by atoms with Gasteiger partial charge in [0.15, 0.2) is 0 Å². The normalized spacial score (nSPS) is 10.4. The van der Waals surface area contributed by atoms with Crippen molar-refractivity contribution in [2.45, 2.75) is 9.79 Å². The van der Waals surface area contributed by atoms with Crippen LogP contribution in [0.15, 0.2) is 46.2 Å². The number of hydrogen-bond donors (Lipinski definition) is 2. The second-order valence-corrected chi connectivity index (χ2v) is 4.85. The molecule has 0 heterocycles. The Morgan fingerprint density at radius 2 is 1.74 bits per heavy atom. The Labute approximate surface area is 112 Å². The Morgan fingerprint density at radius 3 is 2.37 bits per heavy atom. The van der Waals surface area contributed by atoms with Crippen molar-refractivity contribution in [1.29, 1.82) is 0 Å². The zero-order chi connectivity index (χ0) is 14.0. The van der Waals surface area contributed by atoms with Crippen molar-refractivity contribution in [3.8, 4) is 0 Å². The van der Waals surface area contributed by atoms with Crippen LogP contribution in [0.3, 0.4) is 0 Å². The van der Waals surface area contributed by atoms with Gasteiger partial charge in [0.25, 0.3) is 5.91 Å². The minimum Gasteiger partial charge on any atom is -0.398 e. The van der Waals surface area contributed by atoms with E-state index >= 15 is 0 Å². The van der Waals surface area contributed by atoms with E-state index in [1.54, 1.807) is 6.07 Å². The second-order valence-electron chi connectivity index (χ2n) is 3.77. The van der Waals surface area contributed by atoms with Crippen LogP contribution in [0.1, 0.15) is 10.4 Å². The fraction of sp³-hybridized carbons (Fsp3) is 0. The highest BCUT2D eigenvalue weighted by molar-refractivity contribution is 7.99. The summed E-state index contributed by atoms with van der Waals surface area (Å²) < 4.78 is 27.2. The van der Waals surface area contributed by atoms with Crippen LogP contribution in [0.5, 0.6) is 0 Å². The molecule has 2 aromatic carbocycles. The van der Waals surface area contributed by atoms with Crippen LogP contribution in [-0.2, 0) is 0 Å². The van der Waals surface area contributed by atoms with Crippen LogP contribution in [0.25, 0.3) is 0 Å². The van der Waals surface area contributed by atoms with Crippen LogP contribution in [0.2, 0.25) is 0 Å². The number of carbonyl (C=O) groups is 1. The van der Waals surface area contributed by atoms with E-state index < -0.39 is 17.5 Å². The van der Waals surface area contributed by atoms with Crippen LogP contribution in [0.4, 0.5) is 14.5 Å². The van der Waals surface area contributed by atoms with Crippen LogP contribution < -0.4 is 11.5 Å². The summed E-state index contributed by atoms with van der Waals surface area (Å²) in [7, 11) is 0. The number of rotatable bonds is 3. The Bertz CT molecular complexity index is 647. The molecule has 98 valence electrons. The SMILES string of the molecule is NC(=O)c1cc(Sc2ccccc2F)c(F)cc1N. The van der Waals surface area contributed by atoms with Gasteiger partial charge in [-0.3, -0.25) is 4.79 Å². The van der Waals surface area contributed by atoms with Gasteiger partial charge in [-0.05, 0) is 24.3 Å². The molecule has 1 amide bonds. The molecule has 0 fully saturated rings. The maximum atomic E-state index is 13.7. The molecule has 0 spiro atoms. The van der Waals surface area contributed by atoms with E-state index in [-0.39, 0.29) is 21.0 Å². The van der Waals surface area contributed by atoms with Crippen LogP contribution >= 0.6 is 11.8 Å². The van der Waals surface area contributed by atoms with Gasteiger partial charge in [-0.15, -0.1) is 0 Å². The van der Waals surface area contributed by atoms with Gasteiger partial charge in [0.05, 0.1) is 5.56 Å². The maximum Gasteiger partial charge on any atom is 0.250 e. The van der Waals surface area contributed by atoms with Gasteiger partial charge < -0.3 is 11.5 Å². The van der Waals surface area contributed by atoms with Gasteiger partial charge in [-0.2, -0.15) is 0 Å². The predicted octanol–water partition coefficient (Wildman–Crippen LogP) is 2.80. The van der Waals surface area contributed by atoms with Gasteiger partial charge in [-0.25, -0.2) is 8.78 Å². The highest BCUT2D eigenvalue weighted by Gasteiger charge is 2.14. The summed E-state index contributed by atoms with van der Waals surface area (Å²) >= 11 is 0.868. The van der Waals surface area contributed by atoms with Crippen molar-refractivity contribution < 1.29 is 13.6 Å². The molecule has 19 heavy (non-hydrogen) atoms. The molecule has 4 N–H and O–H groups in total. The summed E-state index contributed by atoms with van der Waals surface area (Å²) in [5.41, 5.74) is 10.6. The van der Waals surface area contributed by atoms with Crippen molar-refractivity contribution in [2.24, 2.45) is 5.73 Å². The van der Waals surface area contributed by atoms with E-state index in [2.05, 4.69) is 0 Å². The van der Waals surface area contributed by atoms with E-state index in [0.29, 0.717) is 0 Å². The average Bonchev–Trinajstić information content (AvgIpc) is 2.34. The summed E-state index contributed by atoms with van der Waals surface area (Å²) in [6.45, 7) is 0. The lowest BCUT2D eigenvalue weighted by molar-refractivity contribution is 0.100. The topological polar surface area (TPSA) is 69.1 Å². The number of hydrogen-bond acceptors (Lipinski definition) is 3. The summed E-state index contributed by atoms with van der Waals surface area (Å²) in [4.78, 5) is 11.5. The molecule has 0 saturated heterocycles. The minimum absolute atomic E-state index is 0.0141. The number of nitrogen functional groups attached to an aromatic ring is 1. The highest BCUT2D eigenvalue weighted by atomic mass is 32.2. The molecular formula is C13H10F2N2OS. The highest BCUT2D eigenvalue weighted by Crippen LogP contribution is 2.33. The number of benzene rings is 2. The summed E-state index contributed by atoms with van der Waals surface area (Å²) in [5.74, 6) is -1.85. The van der Waals surface area contributed by atoms with E-state index in [9.17, 15) is 13.6 Å². The zero-order valence-electron chi connectivity index (χ0n) is 9.69. The van der Waals surface area contributed by atoms with Gasteiger partial charge in [0, 0.05) is 15.5 Å². The first-order chi connectivity index (χ1) is 8.99. The molecular weight excluding hydrogens is 270 g/mol. The monoisotopic (exact) mass is 280 g/mol. The molecule has 0 aromatic heterocycles. The van der Waals surface area contributed by atoms with E-state index in [1.165, 1.54) is 24.3 Å². The van der Waals surface area contributed by atoms with Crippen molar-refractivity contribution >= 4 is 23.4 Å². The third kappa shape index (κ3) is 2.85. The third-order valence-electron chi connectivity index (χ3n) is 2.43. The van der Waals surface area contributed by atoms with Crippen molar-refractivity contribution in [3.63, 3.8) is 0 Å². The molecule has 0 atom stereocenters. The number of nitrogens with two attached hydrogens (primary N) is 2. The molecule has 0 aliphatic heterocycles. The maximum absolute atomic E-state index is 13.7. The van der Waals surface area contributed by atoms with Crippen LogP contribution in [0, 0.1) is 11.6 Å². The van der Waals surface area contributed by atoms with Crippen LogP contribution in [-0.4, -0.2) is 5.91 Å². The third-order valence-corrected chi connectivity index (χ3v) is 3.51. The lowest BCUT2D eigenvalue weighted by Gasteiger charge is -2.08.